The predicted molar refractivity (Wildman–Crippen MR) is 116 cm³/mol. The number of aromatic nitrogens is 6. The molecular weight excluding hydrogens is 392 g/mol. The number of anilines is 2. The summed E-state index contributed by atoms with van der Waals surface area (Å²) in [5.41, 5.74) is 3.98. The number of carbonyl (C=O) groups is 1. The standard InChI is InChI=1S/C22H20N8O/c1-29-18(14-6-9-25-26-12-14)28-17-19(29)23-13-24-20(17)30-10-7-22(8-11-30)15-4-2-3-5-16(15)27-21(22)31/h2-6,9,12-13H,7-8,10-11H2,1H3,(H,27,31). The van der Waals surface area contributed by atoms with E-state index in [1.807, 2.05) is 35.9 Å². The Hall–Kier alpha value is -3.88. The van der Waals surface area contributed by atoms with Crippen LogP contribution in [-0.4, -0.2) is 48.7 Å². The monoisotopic (exact) mass is 412 g/mol. The van der Waals surface area contributed by atoms with E-state index in [2.05, 4.69) is 36.4 Å². The van der Waals surface area contributed by atoms with Gasteiger partial charge in [-0.2, -0.15) is 10.2 Å². The molecular formula is C22H20N8O. The number of rotatable bonds is 2. The van der Waals surface area contributed by atoms with Crippen molar-refractivity contribution in [3.63, 3.8) is 0 Å². The number of fused-ring (bicyclic) bond motifs is 3. The molecule has 0 bridgehead atoms. The third-order valence-corrected chi connectivity index (χ3v) is 6.52. The average molecular weight is 412 g/mol. The molecule has 6 rings (SSSR count). The van der Waals surface area contributed by atoms with Gasteiger partial charge in [0.1, 0.15) is 12.2 Å². The second-order valence-electron chi connectivity index (χ2n) is 8.06. The van der Waals surface area contributed by atoms with Crippen molar-refractivity contribution in [2.24, 2.45) is 7.05 Å². The van der Waals surface area contributed by atoms with Gasteiger partial charge in [-0.15, -0.1) is 0 Å². The summed E-state index contributed by atoms with van der Waals surface area (Å²) in [6, 6.07) is 9.89. The van der Waals surface area contributed by atoms with E-state index >= 15 is 0 Å². The Bertz CT molecular complexity index is 1310. The molecule has 1 saturated heterocycles. The van der Waals surface area contributed by atoms with Crippen LogP contribution in [0.1, 0.15) is 18.4 Å². The van der Waals surface area contributed by atoms with Crippen LogP contribution in [0, 0.1) is 0 Å². The highest BCUT2D eigenvalue weighted by molar-refractivity contribution is 6.06. The maximum Gasteiger partial charge on any atom is 0.235 e. The summed E-state index contributed by atoms with van der Waals surface area (Å²) >= 11 is 0. The van der Waals surface area contributed by atoms with Gasteiger partial charge in [0.05, 0.1) is 17.8 Å². The van der Waals surface area contributed by atoms with Crippen molar-refractivity contribution in [3.05, 3.63) is 54.6 Å². The van der Waals surface area contributed by atoms with E-state index in [0.29, 0.717) is 0 Å². The zero-order chi connectivity index (χ0) is 21.0. The molecule has 1 N–H and O–H groups in total. The third-order valence-electron chi connectivity index (χ3n) is 6.52. The topological polar surface area (TPSA) is 102 Å². The minimum Gasteiger partial charge on any atom is -0.355 e. The summed E-state index contributed by atoms with van der Waals surface area (Å²) in [6.45, 7) is 1.44. The lowest BCUT2D eigenvalue weighted by Crippen LogP contribution is -2.46. The van der Waals surface area contributed by atoms with Gasteiger partial charge in [-0.25, -0.2) is 15.0 Å². The number of aryl methyl sites for hydroxylation is 1. The van der Waals surface area contributed by atoms with Crippen molar-refractivity contribution in [1.29, 1.82) is 0 Å². The number of imidazole rings is 1. The summed E-state index contributed by atoms with van der Waals surface area (Å²) in [5.74, 6) is 1.67. The van der Waals surface area contributed by atoms with Gasteiger partial charge < -0.3 is 14.8 Å². The Kier molecular flexibility index (Phi) is 3.80. The highest BCUT2D eigenvalue weighted by Crippen LogP contribution is 2.45. The summed E-state index contributed by atoms with van der Waals surface area (Å²) in [5, 5.41) is 10.9. The lowest BCUT2D eigenvalue weighted by molar-refractivity contribution is -0.121. The lowest BCUT2D eigenvalue weighted by Gasteiger charge is -2.38. The summed E-state index contributed by atoms with van der Waals surface area (Å²) in [6.07, 6.45) is 6.38. The van der Waals surface area contributed by atoms with Crippen LogP contribution in [0.4, 0.5) is 11.5 Å². The van der Waals surface area contributed by atoms with Crippen molar-refractivity contribution in [1.82, 2.24) is 29.7 Å². The van der Waals surface area contributed by atoms with E-state index in [-0.39, 0.29) is 5.91 Å². The normalized spacial score (nSPS) is 17.2. The van der Waals surface area contributed by atoms with Crippen molar-refractivity contribution >= 4 is 28.6 Å². The highest BCUT2D eigenvalue weighted by atomic mass is 16.2. The number of hydrogen-bond acceptors (Lipinski definition) is 7. The van der Waals surface area contributed by atoms with Crippen LogP contribution in [0.5, 0.6) is 0 Å². The van der Waals surface area contributed by atoms with Crippen LogP contribution in [0.25, 0.3) is 22.6 Å². The number of piperidine rings is 1. The minimum absolute atomic E-state index is 0.103. The van der Waals surface area contributed by atoms with Gasteiger partial charge in [0.15, 0.2) is 17.0 Å². The van der Waals surface area contributed by atoms with Crippen molar-refractivity contribution in [2.75, 3.05) is 23.3 Å². The molecule has 5 heterocycles. The fourth-order valence-corrected chi connectivity index (χ4v) is 4.87. The molecule has 9 nitrogen and oxygen atoms in total. The van der Waals surface area contributed by atoms with E-state index in [0.717, 1.165) is 65.6 Å². The summed E-state index contributed by atoms with van der Waals surface area (Å²) in [7, 11) is 1.94. The summed E-state index contributed by atoms with van der Waals surface area (Å²) in [4.78, 5) is 29.0. The van der Waals surface area contributed by atoms with Gasteiger partial charge in [-0.3, -0.25) is 4.79 Å². The van der Waals surface area contributed by atoms with E-state index < -0.39 is 5.41 Å². The first-order valence-electron chi connectivity index (χ1n) is 10.3. The first kappa shape index (κ1) is 17.9. The van der Waals surface area contributed by atoms with E-state index in [1.165, 1.54) is 0 Å². The molecule has 0 saturated carbocycles. The molecule has 1 amide bonds. The molecule has 0 radical (unpaired) electrons. The molecule has 3 aromatic heterocycles. The Morgan fingerprint density at radius 1 is 1.06 bits per heavy atom. The molecule has 2 aliphatic rings. The average Bonchev–Trinajstić information content (AvgIpc) is 3.30. The zero-order valence-electron chi connectivity index (χ0n) is 17.0. The van der Waals surface area contributed by atoms with Gasteiger partial charge in [0.25, 0.3) is 0 Å². The molecule has 1 spiro atoms. The molecule has 0 atom stereocenters. The second-order valence-corrected chi connectivity index (χ2v) is 8.06. The van der Waals surface area contributed by atoms with Crippen LogP contribution in [0.15, 0.2) is 49.1 Å². The van der Waals surface area contributed by atoms with Gasteiger partial charge in [0, 0.05) is 31.4 Å². The zero-order valence-corrected chi connectivity index (χ0v) is 17.0. The number of hydrogen-bond donors (Lipinski definition) is 1. The number of carbonyl (C=O) groups excluding carboxylic acids is 1. The molecule has 9 heteroatoms. The number of nitrogens with zero attached hydrogens (tertiary/aromatic N) is 7. The van der Waals surface area contributed by atoms with E-state index in [4.69, 9.17) is 4.98 Å². The Morgan fingerprint density at radius 3 is 2.71 bits per heavy atom. The SMILES string of the molecule is Cn1c(-c2ccnnc2)nc2c(N3CCC4(CC3)C(=O)Nc3ccccc34)ncnc21. The second kappa shape index (κ2) is 6.56. The van der Waals surface area contributed by atoms with Gasteiger partial charge >= 0.3 is 0 Å². The number of nitrogens with one attached hydrogen (secondary N) is 1. The molecule has 2 aliphatic heterocycles. The Labute approximate surface area is 178 Å². The fourth-order valence-electron chi connectivity index (χ4n) is 4.87. The van der Waals surface area contributed by atoms with Crippen LogP contribution in [-0.2, 0) is 17.3 Å². The first-order valence-corrected chi connectivity index (χ1v) is 10.3. The molecule has 4 aromatic rings. The fraction of sp³-hybridized carbons (Fsp3) is 0.273. The first-order chi connectivity index (χ1) is 15.2. The van der Waals surface area contributed by atoms with Gasteiger partial charge in [-0.05, 0) is 30.5 Å². The largest absolute Gasteiger partial charge is 0.355 e. The van der Waals surface area contributed by atoms with Crippen molar-refractivity contribution in [2.45, 2.75) is 18.3 Å². The predicted octanol–water partition coefficient (Wildman–Crippen LogP) is 2.31. The number of para-hydroxylation sites is 1. The highest BCUT2D eigenvalue weighted by Gasteiger charge is 2.48. The molecule has 1 aromatic carbocycles. The van der Waals surface area contributed by atoms with Gasteiger partial charge in [0.2, 0.25) is 5.91 Å². The molecule has 154 valence electrons. The van der Waals surface area contributed by atoms with Crippen LogP contribution >= 0.6 is 0 Å². The van der Waals surface area contributed by atoms with Gasteiger partial charge in [-0.1, -0.05) is 18.2 Å². The quantitative estimate of drug-likeness (QED) is 0.539. The Morgan fingerprint density at radius 2 is 1.90 bits per heavy atom. The number of amides is 1. The molecule has 0 unspecified atom stereocenters. The maximum atomic E-state index is 12.9. The Balaban J connectivity index is 1.35. The molecule has 0 aliphatic carbocycles. The van der Waals surface area contributed by atoms with Crippen LogP contribution < -0.4 is 10.2 Å². The third kappa shape index (κ3) is 2.56. The smallest absolute Gasteiger partial charge is 0.235 e. The van der Waals surface area contributed by atoms with E-state index in [1.54, 1.807) is 18.7 Å². The molecule has 1 fully saturated rings. The summed E-state index contributed by atoms with van der Waals surface area (Å²) < 4.78 is 1.95. The van der Waals surface area contributed by atoms with Crippen LogP contribution in [0.3, 0.4) is 0 Å². The van der Waals surface area contributed by atoms with Crippen LogP contribution in [0.2, 0.25) is 0 Å². The number of benzene rings is 1. The van der Waals surface area contributed by atoms with Crippen molar-refractivity contribution < 1.29 is 4.79 Å². The maximum absolute atomic E-state index is 12.9. The van der Waals surface area contributed by atoms with Crippen molar-refractivity contribution in [3.8, 4) is 11.4 Å². The molecule has 31 heavy (non-hydrogen) atoms. The van der Waals surface area contributed by atoms with E-state index in [9.17, 15) is 4.79 Å². The lowest BCUT2D eigenvalue weighted by atomic mass is 9.73. The minimum atomic E-state index is -0.461.